The first-order valence-corrected chi connectivity index (χ1v) is 9.22. The van der Waals surface area contributed by atoms with Crippen molar-refractivity contribution in [2.75, 3.05) is 13.2 Å². The van der Waals surface area contributed by atoms with Gasteiger partial charge < -0.3 is 9.47 Å². The van der Waals surface area contributed by atoms with Gasteiger partial charge in [-0.25, -0.2) is 14.2 Å². The first kappa shape index (κ1) is 18.7. The van der Waals surface area contributed by atoms with Gasteiger partial charge in [-0.3, -0.25) is 4.57 Å². The van der Waals surface area contributed by atoms with Gasteiger partial charge in [-0.15, -0.1) is 0 Å². The van der Waals surface area contributed by atoms with Gasteiger partial charge in [0.1, 0.15) is 30.6 Å². The van der Waals surface area contributed by atoms with E-state index in [1.807, 2.05) is 47.9 Å². The van der Waals surface area contributed by atoms with Crippen LogP contribution in [0.5, 0.6) is 5.75 Å². The maximum Gasteiger partial charge on any atom is 0.338 e. The third-order valence-corrected chi connectivity index (χ3v) is 4.47. The largest absolute Gasteiger partial charge is 0.490 e. The molecule has 0 aliphatic rings. The Morgan fingerprint density at radius 1 is 1.00 bits per heavy atom. The van der Waals surface area contributed by atoms with E-state index in [1.165, 1.54) is 24.3 Å². The van der Waals surface area contributed by atoms with Crippen molar-refractivity contribution in [1.82, 2.24) is 9.55 Å². The predicted octanol–water partition coefficient (Wildman–Crippen LogP) is 4.71. The van der Waals surface area contributed by atoms with E-state index >= 15 is 0 Å². The highest BCUT2D eigenvalue weighted by molar-refractivity contribution is 5.94. The molecule has 146 valence electrons. The average Bonchev–Trinajstić information content (AvgIpc) is 3.07. The molecule has 4 rings (SSSR count). The molecule has 1 aromatic heterocycles. The number of rotatable bonds is 6. The number of halogens is 1. The third-order valence-electron chi connectivity index (χ3n) is 4.47. The van der Waals surface area contributed by atoms with Gasteiger partial charge in [0.05, 0.1) is 16.6 Å². The van der Waals surface area contributed by atoms with Crippen LogP contribution in [0.4, 0.5) is 4.39 Å². The fourth-order valence-corrected chi connectivity index (χ4v) is 3.14. The van der Waals surface area contributed by atoms with Gasteiger partial charge in [0.25, 0.3) is 0 Å². The van der Waals surface area contributed by atoms with E-state index in [9.17, 15) is 9.18 Å². The van der Waals surface area contributed by atoms with E-state index in [2.05, 4.69) is 4.98 Å². The Morgan fingerprint density at radius 2 is 1.76 bits per heavy atom. The molecule has 0 fully saturated rings. The van der Waals surface area contributed by atoms with E-state index in [0.29, 0.717) is 11.3 Å². The Morgan fingerprint density at radius 3 is 2.52 bits per heavy atom. The molecule has 0 saturated heterocycles. The zero-order valence-electron chi connectivity index (χ0n) is 15.8. The van der Waals surface area contributed by atoms with Gasteiger partial charge in [-0.05, 0) is 61.5 Å². The third kappa shape index (κ3) is 4.11. The lowest BCUT2D eigenvalue weighted by atomic mass is 10.2. The molecule has 6 heteroatoms. The number of carbonyl (C=O) groups is 1. The summed E-state index contributed by atoms with van der Waals surface area (Å²) in [5.41, 5.74) is 3.09. The number of aryl methyl sites for hydroxylation is 1. The smallest absolute Gasteiger partial charge is 0.338 e. The number of ether oxygens (including phenoxy) is 2. The Hall–Kier alpha value is -3.67. The molecule has 0 spiro atoms. The van der Waals surface area contributed by atoms with Crippen LogP contribution in [0.2, 0.25) is 0 Å². The van der Waals surface area contributed by atoms with Gasteiger partial charge in [-0.1, -0.05) is 18.2 Å². The number of carbonyl (C=O) groups excluding carboxylic acids is 1. The van der Waals surface area contributed by atoms with Crippen LogP contribution in [0, 0.1) is 12.7 Å². The van der Waals surface area contributed by atoms with Gasteiger partial charge in [-0.2, -0.15) is 0 Å². The minimum atomic E-state index is -0.443. The average molecular weight is 390 g/mol. The second-order valence-electron chi connectivity index (χ2n) is 6.47. The Bertz CT molecular complexity index is 1140. The SMILES string of the molecule is Cc1nc2cc(C(=O)OCCOc3ccc(F)cc3)ccc2n1-c1ccccc1. The number of fused-ring (bicyclic) bond motifs is 1. The van der Waals surface area contributed by atoms with Crippen molar-refractivity contribution in [2.45, 2.75) is 6.92 Å². The van der Waals surface area contributed by atoms with Crippen molar-refractivity contribution >= 4 is 17.0 Å². The van der Waals surface area contributed by atoms with Crippen LogP contribution < -0.4 is 4.74 Å². The van der Waals surface area contributed by atoms with Crippen LogP contribution in [0.15, 0.2) is 72.8 Å². The van der Waals surface area contributed by atoms with Gasteiger partial charge >= 0.3 is 5.97 Å². The van der Waals surface area contributed by atoms with Crippen LogP contribution >= 0.6 is 0 Å². The standard InChI is InChI=1S/C23H19FN2O3/c1-16-25-21-15-17(7-12-22(21)26(16)19-5-3-2-4-6-19)23(27)29-14-13-28-20-10-8-18(24)9-11-20/h2-12,15H,13-14H2,1H3. The predicted molar refractivity (Wildman–Crippen MR) is 108 cm³/mol. The lowest BCUT2D eigenvalue weighted by Crippen LogP contribution is -2.12. The Balaban J connectivity index is 1.42. The van der Waals surface area contributed by atoms with E-state index < -0.39 is 5.97 Å². The lowest BCUT2D eigenvalue weighted by molar-refractivity contribution is 0.0450. The molecule has 0 atom stereocenters. The highest BCUT2D eigenvalue weighted by Gasteiger charge is 2.13. The molecule has 0 radical (unpaired) electrons. The molecule has 0 amide bonds. The van der Waals surface area contributed by atoms with Crippen LogP contribution in [0.3, 0.4) is 0 Å². The van der Waals surface area contributed by atoms with Crippen LogP contribution in [0.25, 0.3) is 16.7 Å². The number of nitrogens with zero attached hydrogens (tertiary/aromatic N) is 2. The van der Waals surface area contributed by atoms with E-state index in [4.69, 9.17) is 9.47 Å². The van der Waals surface area contributed by atoms with E-state index in [-0.39, 0.29) is 19.0 Å². The minimum absolute atomic E-state index is 0.0890. The fourth-order valence-electron chi connectivity index (χ4n) is 3.14. The topological polar surface area (TPSA) is 53.4 Å². The monoisotopic (exact) mass is 390 g/mol. The normalized spacial score (nSPS) is 10.8. The van der Waals surface area contributed by atoms with Crippen molar-refractivity contribution in [2.24, 2.45) is 0 Å². The molecule has 0 aliphatic carbocycles. The van der Waals surface area contributed by atoms with Gasteiger partial charge in [0, 0.05) is 5.69 Å². The fraction of sp³-hybridized carbons (Fsp3) is 0.130. The Kier molecular flexibility index (Phi) is 5.24. The zero-order valence-corrected chi connectivity index (χ0v) is 15.8. The first-order valence-electron chi connectivity index (χ1n) is 9.22. The number of esters is 1. The highest BCUT2D eigenvalue weighted by Crippen LogP contribution is 2.22. The number of hydrogen-bond acceptors (Lipinski definition) is 4. The number of aromatic nitrogens is 2. The second-order valence-corrected chi connectivity index (χ2v) is 6.47. The molecule has 4 aromatic rings. The summed E-state index contributed by atoms with van der Waals surface area (Å²) in [6, 6.07) is 20.9. The van der Waals surface area contributed by atoms with Crippen molar-refractivity contribution in [1.29, 1.82) is 0 Å². The van der Waals surface area contributed by atoms with Crippen molar-refractivity contribution in [3.63, 3.8) is 0 Å². The number of hydrogen-bond donors (Lipinski definition) is 0. The molecule has 5 nitrogen and oxygen atoms in total. The number of para-hydroxylation sites is 1. The summed E-state index contributed by atoms with van der Waals surface area (Å²) in [6.07, 6.45) is 0. The van der Waals surface area contributed by atoms with Gasteiger partial charge in [0.2, 0.25) is 0 Å². The molecule has 0 N–H and O–H groups in total. The minimum Gasteiger partial charge on any atom is -0.490 e. The molecule has 1 heterocycles. The second kappa shape index (κ2) is 8.14. The van der Waals surface area contributed by atoms with Crippen molar-refractivity contribution in [3.8, 4) is 11.4 Å². The van der Waals surface area contributed by atoms with Crippen molar-refractivity contribution < 1.29 is 18.7 Å². The zero-order chi connectivity index (χ0) is 20.2. The highest BCUT2D eigenvalue weighted by atomic mass is 19.1. The summed E-state index contributed by atoms with van der Waals surface area (Å²) < 4.78 is 25.6. The first-order chi connectivity index (χ1) is 14.1. The quantitative estimate of drug-likeness (QED) is 0.353. The molecule has 0 unspecified atom stereocenters. The summed E-state index contributed by atoms with van der Waals surface area (Å²) in [4.78, 5) is 16.9. The molecule has 29 heavy (non-hydrogen) atoms. The van der Waals surface area contributed by atoms with Crippen LogP contribution in [0.1, 0.15) is 16.2 Å². The lowest BCUT2D eigenvalue weighted by Gasteiger charge is -2.08. The molecular formula is C23H19FN2O3. The maximum atomic E-state index is 12.9. The summed E-state index contributed by atoms with van der Waals surface area (Å²) in [5.74, 6) is 0.584. The maximum absolute atomic E-state index is 12.9. The molecule has 0 bridgehead atoms. The molecule has 0 aliphatic heterocycles. The molecule has 0 saturated carbocycles. The summed E-state index contributed by atoms with van der Waals surface area (Å²) >= 11 is 0. The number of benzene rings is 3. The Labute approximate surface area is 167 Å². The van der Waals surface area contributed by atoms with Crippen LogP contribution in [-0.4, -0.2) is 28.7 Å². The summed E-state index contributed by atoms with van der Waals surface area (Å²) in [6.45, 7) is 2.20. The van der Waals surface area contributed by atoms with Gasteiger partial charge in [0.15, 0.2) is 0 Å². The summed E-state index contributed by atoms with van der Waals surface area (Å²) in [5, 5.41) is 0. The van der Waals surface area contributed by atoms with Crippen LogP contribution in [-0.2, 0) is 4.74 Å². The van der Waals surface area contributed by atoms with Crippen molar-refractivity contribution in [3.05, 3.63) is 90.0 Å². The summed E-state index contributed by atoms with van der Waals surface area (Å²) in [7, 11) is 0. The van der Waals surface area contributed by atoms with E-state index in [1.54, 1.807) is 12.1 Å². The number of imidazole rings is 1. The van der Waals surface area contributed by atoms with E-state index in [0.717, 1.165) is 22.5 Å². The molecule has 3 aromatic carbocycles. The molecular weight excluding hydrogens is 371 g/mol.